The van der Waals surface area contributed by atoms with Gasteiger partial charge in [-0.15, -0.1) is 0 Å². The fraction of sp³-hybridized carbons (Fsp3) is 0.333. The molecule has 2 aliphatic heterocycles. The summed E-state index contributed by atoms with van der Waals surface area (Å²) in [5, 5.41) is 11.3. The first kappa shape index (κ1) is 26.0. The zero-order chi connectivity index (χ0) is 25.7. The van der Waals surface area contributed by atoms with Crippen molar-refractivity contribution >= 4 is 10.9 Å². The van der Waals surface area contributed by atoms with Crippen molar-refractivity contribution in [3.63, 3.8) is 0 Å². The molecule has 1 atom stereocenters. The molecule has 0 fully saturated rings. The average Bonchev–Trinajstić information content (AvgIpc) is 3.21. The van der Waals surface area contributed by atoms with E-state index >= 15 is 0 Å². The normalized spacial score (nSPS) is 16.3. The first-order valence-corrected chi connectivity index (χ1v) is 12.3. The summed E-state index contributed by atoms with van der Waals surface area (Å²) >= 11 is 0. The number of halogens is 2. The molecule has 1 N–H and O–H groups in total. The number of methoxy groups -OCH3 is 2. The number of fused-ring (bicyclic) bond motifs is 6. The Morgan fingerprint density at radius 1 is 0.974 bits per heavy atom. The molecule has 200 valence electrons. The molecule has 0 bridgehead atoms. The Hall–Kier alpha value is -3.62. The van der Waals surface area contributed by atoms with E-state index in [2.05, 4.69) is 4.90 Å². The van der Waals surface area contributed by atoms with E-state index in [1.54, 1.807) is 14.2 Å². The lowest BCUT2D eigenvalue weighted by molar-refractivity contribution is 0.145. The number of rotatable bonds is 6. The van der Waals surface area contributed by atoms with Crippen LogP contribution >= 0.6 is 0 Å². The smallest absolute Gasteiger partial charge is 0.161 e. The van der Waals surface area contributed by atoms with Gasteiger partial charge in [0.15, 0.2) is 11.5 Å². The summed E-state index contributed by atoms with van der Waals surface area (Å²) in [6, 6.07) is 13.5. The molecule has 6 rings (SSSR count). The summed E-state index contributed by atoms with van der Waals surface area (Å²) < 4.78 is 46.3. The van der Waals surface area contributed by atoms with Gasteiger partial charge in [-0.3, -0.25) is 4.90 Å². The SMILES string of the molecule is C.COc1ccc2c(c1)c1c(n2CO)CN2CCc3cc(OCc4cc(F)cc(F)c4)c(OC)cc3C2C1. The molecule has 0 spiro atoms. The van der Waals surface area contributed by atoms with Crippen LogP contribution < -0.4 is 14.2 Å². The van der Waals surface area contributed by atoms with Gasteiger partial charge in [-0.2, -0.15) is 0 Å². The summed E-state index contributed by atoms with van der Waals surface area (Å²) in [7, 11) is 3.25. The average molecular weight is 523 g/mol. The first-order valence-electron chi connectivity index (χ1n) is 12.3. The molecule has 38 heavy (non-hydrogen) atoms. The lowest BCUT2D eigenvalue weighted by Crippen LogP contribution is -2.39. The fourth-order valence-electron chi connectivity index (χ4n) is 5.86. The highest BCUT2D eigenvalue weighted by atomic mass is 19.1. The Bertz CT molecular complexity index is 1480. The maximum absolute atomic E-state index is 13.6. The van der Waals surface area contributed by atoms with Crippen molar-refractivity contribution in [3.05, 3.63) is 88.1 Å². The van der Waals surface area contributed by atoms with Crippen LogP contribution in [0.15, 0.2) is 48.5 Å². The van der Waals surface area contributed by atoms with Gasteiger partial charge in [-0.05, 0) is 77.6 Å². The molecule has 4 aromatic rings. The molecule has 0 aliphatic carbocycles. The minimum Gasteiger partial charge on any atom is -0.497 e. The van der Waals surface area contributed by atoms with Gasteiger partial charge in [0.2, 0.25) is 0 Å². The van der Waals surface area contributed by atoms with Gasteiger partial charge in [0.05, 0.1) is 19.7 Å². The van der Waals surface area contributed by atoms with E-state index in [1.807, 2.05) is 34.9 Å². The van der Waals surface area contributed by atoms with Crippen LogP contribution in [0.4, 0.5) is 8.78 Å². The Kier molecular flexibility index (Phi) is 7.03. The van der Waals surface area contributed by atoms with Gasteiger partial charge in [0.1, 0.15) is 30.7 Å². The van der Waals surface area contributed by atoms with Crippen LogP contribution in [0.3, 0.4) is 0 Å². The molecular formula is C30H32F2N2O4. The van der Waals surface area contributed by atoms with Crippen molar-refractivity contribution in [2.75, 3.05) is 20.8 Å². The molecular weight excluding hydrogens is 490 g/mol. The third kappa shape index (κ3) is 4.37. The third-order valence-electron chi connectivity index (χ3n) is 7.60. The number of nitrogens with zero attached hydrogens (tertiary/aromatic N) is 2. The van der Waals surface area contributed by atoms with E-state index in [1.165, 1.54) is 28.8 Å². The highest BCUT2D eigenvalue weighted by molar-refractivity contribution is 5.87. The monoisotopic (exact) mass is 522 g/mol. The quantitative estimate of drug-likeness (QED) is 0.349. The Morgan fingerprint density at radius 2 is 1.76 bits per heavy atom. The van der Waals surface area contributed by atoms with Crippen LogP contribution in [0, 0.1) is 11.6 Å². The minimum atomic E-state index is -0.632. The van der Waals surface area contributed by atoms with E-state index in [-0.39, 0.29) is 26.8 Å². The highest BCUT2D eigenvalue weighted by Gasteiger charge is 2.36. The van der Waals surface area contributed by atoms with Gasteiger partial charge in [-0.25, -0.2) is 8.78 Å². The van der Waals surface area contributed by atoms with Crippen LogP contribution in [0.2, 0.25) is 0 Å². The maximum atomic E-state index is 13.6. The second-order valence-electron chi connectivity index (χ2n) is 9.59. The van der Waals surface area contributed by atoms with E-state index in [9.17, 15) is 13.9 Å². The minimum absolute atomic E-state index is 0. The molecule has 1 unspecified atom stereocenters. The van der Waals surface area contributed by atoms with Gasteiger partial charge in [0, 0.05) is 36.3 Å². The highest BCUT2D eigenvalue weighted by Crippen LogP contribution is 2.45. The van der Waals surface area contributed by atoms with Gasteiger partial charge >= 0.3 is 0 Å². The predicted molar refractivity (Wildman–Crippen MR) is 142 cm³/mol. The summed E-state index contributed by atoms with van der Waals surface area (Å²) in [6.45, 7) is 1.57. The number of ether oxygens (including phenoxy) is 3. The first-order chi connectivity index (χ1) is 18.0. The van der Waals surface area contributed by atoms with Crippen LogP contribution in [0.1, 0.15) is 41.4 Å². The lowest BCUT2D eigenvalue weighted by Gasteiger charge is -2.41. The second-order valence-corrected chi connectivity index (χ2v) is 9.59. The third-order valence-corrected chi connectivity index (χ3v) is 7.60. The number of aromatic nitrogens is 1. The van der Waals surface area contributed by atoms with Crippen LogP contribution in [0.25, 0.3) is 10.9 Å². The fourth-order valence-corrected chi connectivity index (χ4v) is 5.86. The van der Waals surface area contributed by atoms with Gasteiger partial charge < -0.3 is 23.9 Å². The summed E-state index contributed by atoms with van der Waals surface area (Å²) in [5.41, 5.74) is 6.15. The van der Waals surface area contributed by atoms with Gasteiger partial charge in [0.25, 0.3) is 0 Å². The van der Waals surface area contributed by atoms with E-state index in [4.69, 9.17) is 14.2 Å². The van der Waals surface area contributed by atoms with E-state index in [0.29, 0.717) is 17.1 Å². The molecule has 0 amide bonds. The Labute approximate surface area is 221 Å². The molecule has 3 heterocycles. The van der Waals surface area contributed by atoms with Crippen molar-refractivity contribution in [2.45, 2.75) is 46.2 Å². The standard InChI is InChI=1S/C29H28F2N2O4.CH4/c1-35-21-3-4-25-23(11-21)24-12-26-22-13-28(36-2)29(37-15-17-7-19(30)10-20(31)8-17)9-18(22)5-6-32(26)14-27(24)33(25)16-34;/h3-4,7-11,13,26,34H,5-6,12,14-16H2,1-2H3;1H4. The summed E-state index contributed by atoms with van der Waals surface area (Å²) in [5.74, 6) is 0.666. The summed E-state index contributed by atoms with van der Waals surface area (Å²) in [6.07, 6.45) is 1.63. The number of aliphatic hydroxyl groups excluding tert-OH is 1. The molecule has 2 aliphatic rings. The zero-order valence-electron chi connectivity index (χ0n) is 20.8. The number of hydrogen-bond acceptors (Lipinski definition) is 5. The summed E-state index contributed by atoms with van der Waals surface area (Å²) in [4.78, 5) is 2.45. The molecule has 6 nitrogen and oxygen atoms in total. The van der Waals surface area contributed by atoms with Crippen molar-refractivity contribution in [1.82, 2.24) is 9.47 Å². The molecule has 1 aromatic heterocycles. The molecule has 3 aromatic carbocycles. The van der Waals surface area contributed by atoms with Crippen LogP contribution in [-0.4, -0.2) is 35.3 Å². The van der Waals surface area contributed by atoms with Crippen molar-refractivity contribution in [2.24, 2.45) is 0 Å². The van der Waals surface area contributed by atoms with Crippen molar-refractivity contribution < 1.29 is 28.1 Å². The largest absolute Gasteiger partial charge is 0.497 e. The van der Waals surface area contributed by atoms with Crippen molar-refractivity contribution in [3.8, 4) is 17.2 Å². The Balaban J connectivity index is 0.00000294. The maximum Gasteiger partial charge on any atom is 0.161 e. The van der Waals surface area contributed by atoms with E-state index in [0.717, 1.165) is 54.3 Å². The molecule has 0 saturated heterocycles. The number of hydrogen-bond donors (Lipinski definition) is 1. The zero-order valence-corrected chi connectivity index (χ0v) is 20.8. The predicted octanol–water partition coefficient (Wildman–Crippen LogP) is 5.76. The van der Waals surface area contributed by atoms with Crippen LogP contribution in [0.5, 0.6) is 17.2 Å². The lowest BCUT2D eigenvalue weighted by atomic mass is 9.85. The molecule has 8 heteroatoms. The topological polar surface area (TPSA) is 56.1 Å². The number of aliphatic hydroxyl groups is 1. The Morgan fingerprint density at radius 3 is 2.47 bits per heavy atom. The van der Waals surface area contributed by atoms with E-state index < -0.39 is 11.6 Å². The second kappa shape index (κ2) is 10.3. The molecule has 0 radical (unpaired) electrons. The number of benzene rings is 3. The van der Waals surface area contributed by atoms with Crippen molar-refractivity contribution in [1.29, 1.82) is 0 Å². The van der Waals surface area contributed by atoms with Crippen LogP contribution in [-0.2, 0) is 32.7 Å². The van der Waals surface area contributed by atoms with Gasteiger partial charge in [-0.1, -0.05) is 7.43 Å². The molecule has 0 saturated carbocycles.